The van der Waals surface area contributed by atoms with E-state index in [4.69, 9.17) is 0 Å². The van der Waals surface area contributed by atoms with Crippen molar-refractivity contribution in [1.82, 2.24) is 25.1 Å². The molecule has 0 aliphatic carbocycles. The Balaban J connectivity index is 1.37. The molecule has 4 rings (SSSR count). The first-order valence-electron chi connectivity index (χ1n) is 11.1. The van der Waals surface area contributed by atoms with Gasteiger partial charge in [-0.05, 0) is 39.0 Å². The Bertz CT molecular complexity index is 1010. The summed E-state index contributed by atoms with van der Waals surface area (Å²) in [6, 6.07) is -0.309. The summed E-state index contributed by atoms with van der Waals surface area (Å²) in [7, 11) is 0. The van der Waals surface area contributed by atoms with E-state index in [1.165, 1.54) is 4.90 Å². The van der Waals surface area contributed by atoms with Gasteiger partial charge in [0.15, 0.2) is 0 Å². The second-order valence-corrected chi connectivity index (χ2v) is 10.5. The summed E-state index contributed by atoms with van der Waals surface area (Å²) < 4.78 is 0. The van der Waals surface area contributed by atoms with Gasteiger partial charge in [0, 0.05) is 36.3 Å². The number of nitrogens with one attached hydrogen (secondary N) is 1. The minimum Gasteiger partial charge on any atom is -0.342 e. The molecule has 4 heterocycles. The summed E-state index contributed by atoms with van der Waals surface area (Å²) in [5.41, 5.74) is 2.68. The maximum atomic E-state index is 13.4. The number of rotatable bonds is 7. The normalized spacial score (nSPS) is 22.0. The van der Waals surface area contributed by atoms with Crippen LogP contribution in [0.5, 0.6) is 0 Å². The summed E-state index contributed by atoms with van der Waals surface area (Å²) in [6.45, 7) is 7.38. The second kappa shape index (κ2) is 9.27. The Morgan fingerprint density at radius 3 is 2.59 bits per heavy atom. The van der Waals surface area contributed by atoms with Crippen LogP contribution in [-0.4, -0.2) is 62.8 Å². The van der Waals surface area contributed by atoms with Crippen molar-refractivity contribution >= 4 is 40.5 Å². The third kappa shape index (κ3) is 4.30. The first-order chi connectivity index (χ1) is 15.3. The Kier molecular flexibility index (Phi) is 6.62. The molecule has 10 heteroatoms. The number of nitrogens with zero attached hydrogens (tertiary/aromatic N) is 4. The number of hydrogen-bond donors (Lipinski definition) is 1. The predicted molar refractivity (Wildman–Crippen MR) is 124 cm³/mol. The Hall–Kier alpha value is -2.33. The van der Waals surface area contributed by atoms with E-state index in [1.54, 1.807) is 28.2 Å². The van der Waals surface area contributed by atoms with Crippen LogP contribution in [0.2, 0.25) is 0 Å². The topological polar surface area (TPSA) is 95.5 Å². The standard InChI is InChI=1S/C22H29N5O3S2/c1-4-22(20(29)27(21(30)25-22)10-7-18-14(2)23-13-32-18)16-5-8-26(9-6-16)19(28)11-17-12-31-15(3)24-17/h12-13,16H,4-11H2,1-3H3,(H,25,30)/t22-/m1/s1. The van der Waals surface area contributed by atoms with E-state index >= 15 is 0 Å². The van der Waals surface area contributed by atoms with Crippen molar-refractivity contribution < 1.29 is 14.4 Å². The number of urea groups is 1. The molecular weight excluding hydrogens is 446 g/mol. The fourth-order valence-electron chi connectivity index (χ4n) is 4.81. The third-order valence-electron chi connectivity index (χ3n) is 6.71. The molecule has 0 radical (unpaired) electrons. The van der Waals surface area contributed by atoms with Gasteiger partial charge in [-0.25, -0.2) is 14.8 Å². The van der Waals surface area contributed by atoms with Crippen molar-refractivity contribution in [2.45, 2.75) is 58.4 Å². The molecule has 2 aromatic rings. The summed E-state index contributed by atoms with van der Waals surface area (Å²) in [4.78, 5) is 51.8. The van der Waals surface area contributed by atoms with E-state index in [0.29, 0.717) is 51.7 Å². The molecule has 0 aromatic carbocycles. The van der Waals surface area contributed by atoms with E-state index < -0.39 is 5.54 Å². The maximum absolute atomic E-state index is 13.4. The molecule has 0 saturated carbocycles. The van der Waals surface area contributed by atoms with Gasteiger partial charge in [-0.3, -0.25) is 14.5 Å². The zero-order valence-corrected chi connectivity index (χ0v) is 20.4. The average Bonchev–Trinajstić information content (AvgIpc) is 3.45. The summed E-state index contributed by atoms with van der Waals surface area (Å²) >= 11 is 3.10. The Labute approximate surface area is 196 Å². The molecule has 2 saturated heterocycles. The van der Waals surface area contributed by atoms with Crippen molar-refractivity contribution in [3.8, 4) is 0 Å². The summed E-state index contributed by atoms with van der Waals surface area (Å²) in [6.07, 6.45) is 2.88. The van der Waals surface area contributed by atoms with Gasteiger partial charge < -0.3 is 10.2 Å². The van der Waals surface area contributed by atoms with Crippen LogP contribution in [0.4, 0.5) is 4.79 Å². The third-order valence-corrected chi connectivity index (χ3v) is 8.53. The average molecular weight is 476 g/mol. The molecule has 32 heavy (non-hydrogen) atoms. The zero-order chi connectivity index (χ0) is 22.9. The molecule has 0 bridgehead atoms. The lowest BCUT2D eigenvalue weighted by Gasteiger charge is -2.40. The van der Waals surface area contributed by atoms with Crippen LogP contribution < -0.4 is 5.32 Å². The molecule has 2 aliphatic rings. The molecule has 2 aliphatic heterocycles. The highest BCUT2D eigenvalue weighted by atomic mass is 32.1. The van der Waals surface area contributed by atoms with E-state index in [9.17, 15) is 14.4 Å². The number of thiazole rings is 2. The summed E-state index contributed by atoms with van der Waals surface area (Å²) in [5.74, 6) is -0.0396. The van der Waals surface area contributed by atoms with Crippen LogP contribution in [0.25, 0.3) is 0 Å². The maximum Gasteiger partial charge on any atom is 0.325 e. The highest BCUT2D eigenvalue weighted by molar-refractivity contribution is 7.09. The van der Waals surface area contributed by atoms with Gasteiger partial charge in [0.1, 0.15) is 5.54 Å². The number of amides is 4. The van der Waals surface area contributed by atoms with Crippen LogP contribution in [-0.2, 0) is 22.4 Å². The highest BCUT2D eigenvalue weighted by Gasteiger charge is 2.54. The number of piperidine rings is 1. The molecule has 8 nitrogen and oxygen atoms in total. The van der Waals surface area contributed by atoms with Gasteiger partial charge in [0.05, 0.1) is 28.3 Å². The van der Waals surface area contributed by atoms with Crippen molar-refractivity contribution in [3.05, 3.63) is 32.2 Å². The lowest BCUT2D eigenvalue weighted by molar-refractivity contribution is -0.135. The monoisotopic (exact) mass is 475 g/mol. The molecule has 0 unspecified atom stereocenters. The van der Waals surface area contributed by atoms with Crippen molar-refractivity contribution in [2.24, 2.45) is 5.92 Å². The van der Waals surface area contributed by atoms with Crippen LogP contribution in [0.1, 0.15) is 47.5 Å². The van der Waals surface area contributed by atoms with E-state index in [2.05, 4.69) is 15.3 Å². The highest BCUT2D eigenvalue weighted by Crippen LogP contribution is 2.36. The van der Waals surface area contributed by atoms with Crippen LogP contribution in [0.3, 0.4) is 0 Å². The number of hydrogen-bond acceptors (Lipinski definition) is 7. The van der Waals surface area contributed by atoms with Crippen LogP contribution in [0.15, 0.2) is 10.9 Å². The molecular formula is C22H29N5O3S2. The fraction of sp³-hybridized carbons (Fsp3) is 0.591. The van der Waals surface area contributed by atoms with Gasteiger partial charge in [-0.15, -0.1) is 22.7 Å². The number of aromatic nitrogens is 2. The molecule has 2 aromatic heterocycles. The molecule has 172 valence electrons. The van der Waals surface area contributed by atoms with Gasteiger partial charge in [-0.1, -0.05) is 6.92 Å². The summed E-state index contributed by atoms with van der Waals surface area (Å²) in [5, 5.41) is 5.92. The first-order valence-corrected chi connectivity index (χ1v) is 12.8. The number of aryl methyl sites for hydroxylation is 2. The van der Waals surface area contributed by atoms with Crippen LogP contribution >= 0.6 is 22.7 Å². The zero-order valence-electron chi connectivity index (χ0n) is 18.7. The van der Waals surface area contributed by atoms with Crippen LogP contribution in [0, 0.1) is 19.8 Å². The molecule has 1 N–H and O–H groups in total. The number of likely N-dealkylation sites (tertiary alicyclic amines) is 1. The van der Waals surface area contributed by atoms with E-state index in [-0.39, 0.29) is 23.8 Å². The molecule has 1 atom stereocenters. The predicted octanol–water partition coefficient (Wildman–Crippen LogP) is 2.94. The molecule has 4 amide bonds. The lowest BCUT2D eigenvalue weighted by Crippen LogP contribution is -2.56. The smallest absolute Gasteiger partial charge is 0.325 e. The fourth-order valence-corrected chi connectivity index (χ4v) is 6.19. The van der Waals surface area contributed by atoms with Gasteiger partial charge >= 0.3 is 6.03 Å². The minimum absolute atomic E-state index is 0.0182. The first kappa shape index (κ1) is 22.8. The number of imide groups is 1. The minimum atomic E-state index is -0.874. The Morgan fingerprint density at radius 1 is 1.25 bits per heavy atom. The molecule has 2 fully saturated rings. The van der Waals surface area contributed by atoms with Gasteiger partial charge in [0.2, 0.25) is 5.91 Å². The Morgan fingerprint density at radius 2 is 2.00 bits per heavy atom. The van der Waals surface area contributed by atoms with Gasteiger partial charge in [0.25, 0.3) is 5.91 Å². The van der Waals surface area contributed by atoms with Crippen molar-refractivity contribution in [2.75, 3.05) is 19.6 Å². The number of carbonyl (C=O) groups is 3. The van der Waals surface area contributed by atoms with Gasteiger partial charge in [-0.2, -0.15) is 0 Å². The second-order valence-electron chi connectivity index (χ2n) is 8.51. The van der Waals surface area contributed by atoms with E-state index in [0.717, 1.165) is 21.3 Å². The lowest BCUT2D eigenvalue weighted by atomic mass is 9.75. The largest absolute Gasteiger partial charge is 0.342 e. The van der Waals surface area contributed by atoms with E-state index in [1.807, 2.05) is 31.1 Å². The van der Waals surface area contributed by atoms with Crippen molar-refractivity contribution in [1.29, 1.82) is 0 Å². The quantitative estimate of drug-likeness (QED) is 0.621. The number of carbonyl (C=O) groups excluding carboxylic acids is 3. The SMILES string of the molecule is CC[C@]1(C2CCN(C(=O)Cc3csc(C)n3)CC2)NC(=O)N(CCc2scnc2C)C1=O. The van der Waals surface area contributed by atoms with Crippen molar-refractivity contribution in [3.63, 3.8) is 0 Å². The molecule has 0 spiro atoms.